The van der Waals surface area contributed by atoms with E-state index in [0.29, 0.717) is 53.6 Å². The first-order valence-corrected chi connectivity index (χ1v) is 12.4. The third kappa shape index (κ3) is 5.08. The molecule has 7 nitrogen and oxygen atoms in total. The number of pyridine rings is 1. The Morgan fingerprint density at radius 1 is 0.972 bits per heavy atom. The molecule has 1 aliphatic carbocycles. The quantitative estimate of drug-likeness (QED) is 0.288. The van der Waals surface area contributed by atoms with Gasteiger partial charge in [0, 0.05) is 5.56 Å². The molecular formula is C28H28ClN3O4. The van der Waals surface area contributed by atoms with Gasteiger partial charge in [0.2, 0.25) is 0 Å². The molecule has 0 atom stereocenters. The van der Waals surface area contributed by atoms with Crippen molar-refractivity contribution in [2.45, 2.75) is 51.2 Å². The van der Waals surface area contributed by atoms with Crippen LogP contribution in [0, 0.1) is 5.92 Å². The fraction of sp³-hybridized carbons (Fsp3) is 0.321. The van der Waals surface area contributed by atoms with E-state index in [2.05, 4.69) is 15.0 Å². The molecule has 8 heteroatoms. The molecule has 3 N–H and O–H groups in total. The Labute approximate surface area is 214 Å². The summed E-state index contributed by atoms with van der Waals surface area (Å²) in [7, 11) is 0. The summed E-state index contributed by atoms with van der Waals surface area (Å²) in [4.78, 5) is 23.5. The van der Waals surface area contributed by atoms with E-state index in [-0.39, 0.29) is 12.0 Å². The number of aromatic amines is 1. The SMILES string of the molecule is CC(C)(O)c1ccc(-c2ccc(-c3nc4nc(O[C@H]5CC[C@H](C(=O)O)CC5)[nH]c4cc3Cl)cc2)cc1. The zero-order valence-electron chi connectivity index (χ0n) is 20.2. The average molecular weight is 506 g/mol. The Hall–Kier alpha value is -3.42. The van der Waals surface area contributed by atoms with E-state index in [9.17, 15) is 15.0 Å². The highest BCUT2D eigenvalue weighted by molar-refractivity contribution is 6.33. The van der Waals surface area contributed by atoms with Crippen LogP contribution in [0.25, 0.3) is 33.5 Å². The van der Waals surface area contributed by atoms with E-state index < -0.39 is 11.6 Å². The standard InChI is InChI=1S/C28H28ClN3O4/c1-28(2,35)20-11-7-17(8-12-20)16-3-5-18(6-4-16)24-22(29)15-23-25(31-24)32-27(30-23)36-21-13-9-19(10-14-21)26(33)34/h3-8,11-12,15,19,21,35H,9-10,13-14H2,1-2H3,(H,33,34)(H,30,31,32)/t19-,21-. The van der Waals surface area contributed by atoms with Crippen molar-refractivity contribution in [3.05, 3.63) is 65.2 Å². The number of aliphatic hydroxyl groups is 1. The highest BCUT2D eigenvalue weighted by Gasteiger charge is 2.27. The molecule has 2 aromatic heterocycles. The molecule has 0 bridgehead atoms. The molecule has 0 saturated heterocycles. The van der Waals surface area contributed by atoms with Crippen LogP contribution < -0.4 is 4.74 Å². The van der Waals surface area contributed by atoms with Crippen LogP contribution in [0.5, 0.6) is 6.01 Å². The number of carboxylic acids is 1. The lowest BCUT2D eigenvalue weighted by molar-refractivity contribution is -0.143. The van der Waals surface area contributed by atoms with Gasteiger partial charge in [-0.3, -0.25) is 4.79 Å². The summed E-state index contributed by atoms with van der Waals surface area (Å²) in [6.45, 7) is 3.54. The van der Waals surface area contributed by atoms with Gasteiger partial charge in [0.25, 0.3) is 6.01 Å². The number of H-pyrrole nitrogens is 1. The number of nitrogens with one attached hydrogen (secondary N) is 1. The first-order valence-electron chi connectivity index (χ1n) is 12.1. The monoisotopic (exact) mass is 505 g/mol. The Morgan fingerprint density at radius 2 is 1.56 bits per heavy atom. The number of hydrogen-bond acceptors (Lipinski definition) is 5. The van der Waals surface area contributed by atoms with Crippen molar-refractivity contribution in [2.24, 2.45) is 5.92 Å². The first kappa shape index (κ1) is 24.3. The van der Waals surface area contributed by atoms with Gasteiger partial charge in [-0.25, -0.2) is 4.98 Å². The highest BCUT2D eigenvalue weighted by atomic mass is 35.5. The Morgan fingerprint density at radius 3 is 2.14 bits per heavy atom. The number of carbonyl (C=O) groups is 1. The number of fused-ring (bicyclic) bond motifs is 1. The van der Waals surface area contributed by atoms with E-state index >= 15 is 0 Å². The molecule has 0 aliphatic heterocycles. The van der Waals surface area contributed by atoms with Crippen LogP contribution >= 0.6 is 11.6 Å². The van der Waals surface area contributed by atoms with E-state index in [1.54, 1.807) is 19.9 Å². The second kappa shape index (κ2) is 9.56. The number of ether oxygens (including phenoxy) is 1. The lowest BCUT2D eigenvalue weighted by atomic mass is 9.87. The summed E-state index contributed by atoms with van der Waals surface area (Å²) < 4.78 is 5.99. The summed E-state index contributed by atoms with van der Waals surface area (Å²) in [5.74, 6) is -1.03. The number of nitrogens with zero attached hydrogens (tertiary/aromatic N) is 2. The molecular weight excluding hydrogens is 478 g/mol. The Balaban J connectivity index is 1.33. The number of carboxylic acid groups (broad SMARTS) is 1. The van der Waals surface area contributed by atoms with Gasteiger partial charge in [-0.2, -0.15) is 4.98 Å². The van der Waals surface area contributed by atoms with Crippen LogP contribution in [-0.2, 0) is 10.4 Å². The average Bonchev–Trinajstić information content (AvgIpc) is 3.24. The van der Waals surface area contributed by atoms with E-state index in [1.807, 2.05) is 48.5 Å². The summed E-state index contributed by atoms with van der Waals surface area (Å²) in [5, 5.41) is 19.8. The minimum Gasteiger partial charge on any atom is -0.481 e. The van der Waals surface area contributed by atoms with Crippen LogP contribution in [0.3, 0.4) is 0 Å². The summed E-state index contributed by atoms with van der Waals surface area (Å²) in [5.41, 5.74) is 4.78. The van der Waals surface area contributed by atoms with Crippen LogP contribution in [0.1, 0.15) is 45.1 Å². The van der Waals surface area contributed by atoms with Crippen molar-refractivity contribution in [1.29, 1.82) is 0 Å². The lowest BCUT2D eigenvalue weighted by Crippen LogP contribution is -2.28. The highest BCUT2D eigenvalue weighted by Crippen LogP contribution is 2.33. The Kier molecular flexibility index (Phi) is 6.45. The van der Waals surface area contributed by atoms with Crippen molar-refractivity contribution < 1.29 is 19.7 Å². The van der Waals surface area contributed by atoms with Crippen LogP contribution in [0.4, 0.5) is 0 Å². The molecule has 2 heterocycles. The van der Waals surface area contributed by atoms with Gasteiger partial charge in [-0.1, -0.05) is 60.1 Å². The summed E-state index contributed by atoms with van der Waals surface area (Å²) >= 11 is 6.57. The molecule has 4 aromatic rings. The van der Waals surface area contributed by atoms with Crippen molar-refractivity contribution in [3.8, 4) is 28.4 Å². The normalized spacial score (nSPS) is 18.3. The second-order valence-electron chi connectivity index (χ2n) is 9.88. The molecule has 1 aliphatic rings. The number of rotatable bonds is 6. The zero-order valence-corrected chi connectivity index (χ0v) is 20.9. The van der Waals surface area contributed by atoms with Gasteiger partial charge in [0.05, 0.1) is 27.8 Å². The smallest absolute Gasteiger partial charge is 0.306 e. The number of benzene rings is 2. The maximum atomic E-state index is 11.2. The fourth-order valence-corrected chi connectivity index (χ4v) is 4.89. The minimum absolute atomic E-state index is 0.0684. The minimum atomic E-state index is -0.875. The summed E-state index contributed by atoms with van der Waals surface area (Å²) in [6.07, 6.45) is 2.50. The van der Waals surface area contributed by atoms with Crippen molar-refractivity contribution in [1.82, 2.24) is 15.0 Å². The molecule has 0 amide bonds. The largest absolute Gasteiger partial charge is 0.481 e. The molecule has 0 spiro atoms. The van der Waals surface area contributed by atoms with Crippen molar-refractivity contribution in [3.63, 3.8) is 0 Å². The number of hydrogen-bond donors (Lipinski definition) is 3. The molecule has 36 heavy (non-hydrogen) atoms. The molecule has 0 unspecified atom stereocenters. The predicted molar refractivity (Wildman–Crippen MR) is 139 cm³/mol. The number of aliphatic carboxylic acids is 1. The van der Waals surface area contributed by atoms with E-state index in [1.165, 1.54) is 0 Å². The third-order valence-corrected chi connectivity index (χ3v) is 7.08. The van der Waals surface area contributed by atoms with E-state index in [0.717, 1.165) is 22.3 Å². The van der Waals surface area contributed by atoms with Gasteiger partial charge < -0.3 is 19.9 Å². The first-order chi connectivity index (χ1) is 17.2. The van der Waals surface area contributed by atoms with Crippen LogP contribution in [0.2, 0.25) is 5.02 Å². The summed E-state index contributed by atoms with van der Waals surface area (Å²) in [6, 6.07) is 18.0. The predicted octanol–water partition coefficient (Wildman–Crippen LogP) is 6.19. The molecule has 1 saturated carbocycles. The van der Waals surface area contributed by atoms with Gasteiger partial charge >= 0.3 is 5.97 Å². The van der Waals surface area contributed by atoms with Crippen molar-refractivity contribution >= 4 is 28.7 Å². The molecule has 1 fully saturated rings. The van der Waals surface area contributed by atoms with Crippen LogP contribution in [-0.4, -0.2) is 37.2 Å². The lowest BCUT2D eigenvalue weighted by Gasteiger charge is -2.25. The molecule has 5 rings (SSSR count). The number of imidazole rings is 1. The fourth-order valence-electron chi connectivity index (χ4n) is 4.63. The van der Waals surface area contributed by atoms with Gasteiger partial charge in [0.15, 0.2) is 5.65 Å². The third-order valence-electron chi connectivity index (χ3n) is 6.79. The van der Waals surface area contributed by atoms with Gasteiger partial charge in [-0.15, -0.1) is 0 Å². The second-order valence-corrected chi connectivity index (χ2v) is 10.3. The van der Waals surface area contributed by atoms with Gasteiger partial charge in [-0.05, 0) is 62.3 Å². The molecule has 186 valence electrons. The molecule has 0 radical (unpaired) electrons. The molecule has 2 aromatic carbocycles. The Bertz CT molecular complexity index is 1380. The maximum Gasteiger partial charge on any atom is 0.306 e. The van der Waals surface area contributed by atoms with E-state index in [4.69, 9.17) is 16.3 Å². The van der Waals surface area contributed by atoms with Crippen molar-refractivity contribution in [2.75, 3.05) is 0 Å². The topological polar surface area (TPSA) is 108 Å². The maximum absolute atomic E-state index is 11.2. The number of halogens is 1. The number of aromatic nitrogens is 3. The van der Waals surface area contributed by atoms with Gasteiger partial charge in [0.1, 0.15) is 6.10 Å². The zero-order chi connectivity index (χ0) is 25.4. The van der Waals surface area contributed by atoms with Crippen LogP contribution in [0.15, 0.2) is 54.6 Å².